The lowest BCUT2D eigenvalue weighted by molar-refractivity contribution is -0.116. The number of pyridine rings is 1. The van der Waals surface area contributed by atoms with E-state index < -0.39 is 0 Å². The van der Waals surface area contributed by atoms with Crippen molar-refractivity contribution in [2.75, 3.05) is 33.0 Å². The SMILES string of the molecule is CC(S)=C(C(=O)NCN1CCOCC1)c1cccc(C)n1. The number of allylic oxidation sites excluding steroid dienone is 1. The minimum absolute atomic E-state index is 0.146. The number of nitrogens with zero attached hydrogens (tertiary/aromatic N) is 2. The van der Waals surface area contributed by atoms with Gasteiger partial charge in [-0.1, -0.05) is 6.07 Å². The summed E-state index contributed by atoms with van der Waals surface area (Å²) in [5, 5.41) is 2.94. The molecule has 1 aromatic rings. The van der Waals surface area contributed by atoms with E-state index in [1.165, 1.54) is 0 Å². The Bertz CT molecular complexity index is 535. The molecule has 0 saturated carbocycles. The van der Waals surface area contributed by atoms with Gasteiger partial charge in [0, 0.05) is 18.8 Å². The van der Waals surface area contributed by atoms with Crippen LogP contribution in [0.3, 0.4) is 0 Å². The third kappa shape index (κ3) is 4.56. The van der Waals surface area contributed by atoms with E-state index in [1.807, 2.05) is 25.1 Å². The molecular weight excluding hydrogens is 286 g/mol. The summed E-state index contributed by atoms with van der Waals surface area (Å²) in [4.78, 5) is 19.6. The van der Waals surface area contributed by atoms with E-state index in [0.29, 0.717) is 36.1 Å². The Morgan fingerprint density at radius 1 is 1.43 bits per heavy atom. The Hall–Kier alpha value is -1.37. The molecule has 5 nitrogen and oxygen atoms in total. The third-order valence-corrected chi connectivity index (χ3v) is 3.52. The third-order valence-electron chi connectivity index (χ3n) is 3.30. The summed E-state index contributed by atoms with van der Waals surface area (Å²) in [7, 11) is 0. The predicted octanol–water partition coefficient (Wildman–Crippen LogP) is 1.46. The molecule has 2 heterocycles. The van der Waals surface area contributed by atoms with Crippen LogP contribution in [0.4, 0.5) is 0 Å². The van der Waals surface area contributed by atoms with Gasteiger partial charge in [0.15, 0.2) is 0 Å². The van der Waals surface area contributed by atoms with Gasteiger partial charge < -0.3 is 10.1 Å². The topological polar surface area (TPSA) is 54.5 Å². The first kappa shape index (κ1) is 16.0. The molecule has 0 atom stereocenters. The number of thiol groups is 1. The highest BCUT2D eigenvalue weighted by molar-refractivity contribution is 7.84. The molecular formula is C15H21N3O2S. The molecule has 1 fully saturated rings. The van der Waals surface area contributed by atoms with E-state index in [4.69, 9.17) is 4.74 Å². The smallest absolute Gasteiger partial charge is 0.255 e. The van der Waals surface area contributed by atoms with Crippen molar-refractivity contribution in [2.45, 2.75) is 13.8 Å². The van der Waals surface area contributed by atoms with Gasteiger partial charge in [0.05, 0.1) is 31.1 Å². The number of nitrogens with one attached hydrogen (secondary N) is 1. The summed E-state index contributed by atoms with van der Waals surface area (Å²) in [5.74, 6) is -0.146. The zero-order chi connectivity index (χ0) is 15.2. The normalized spacial score (nSPS) is 17.3. The number of hydrogen-bond donors (Lipinski definition) is 2. The van der Waals surface area contributed by atoms with Crippen LogP contribution in [0.25, 0.3) is 5.57 Å². The maximum atomic E-state index is 12.4. The number of morpholine rings is 1. The van der Waals surface area contributed by atoms with Crippen molar-refractivity contribution in [1.29, 1.82) is 0 Å². The summed E-state index contributed by atoms with van der Waals surface area (Å²) in [5.41, 5.74) is 2.05. The van der Waals surface area contributed by atoms with Crippen molar-refractivity contribution >= 4 is 24.1 Å². The summed E-state index contributed by atoms with van der Waals surface area (Å²) in [6.07, 6.45) is 0. The van der Waals surface area contributed by atoms with Crippen LogP contribution in [-0.2, 0) is 9.53 Å². The Kier molecular flexibility index (Phi) is 5.78. The largest absolute Gasteiger partial charge is 0.379 e. The van der Waals surface area contributed by atoms with E-state index in [1.54, 1.807) is 6.92 Å². The van der Waals surface area contributed by atoms with Crippen LogP contribution in [0.2, 0.25) is 0 Å². The lowest BCUT2D eigenvalue weighted by atomic mass is 10.1. The van der Waals surface area contributed by atoms with Gasteiger partial charge >= 0.3 is 0 Å². The number of aromatic nitrogens is 1. The van der Waals surface area contributed by atoms with E-state index in [0.717, 1.165) is 18.8 Å². The van der Waals surface area contributed by atoms with Crippen LogP contribution in [-0.4, -0.2) is 48.8 Å². The molecule has 114 valence electrons. The highest BCUT2D eigenvalue weighted by Crippen LogP contribution is 2.19. The monoisotopic (exact) mass is 307 g/mol. The standard InChI is InChI=1S/C15H21N3O2S/c1-11-4-3-5-13(17-11)14(12(2)21)15(19)16-10-18-6-8-20-9-7-18/h3-5,21H,6-10H2,1-2H3,(H,16,19). The number of amides is 1. The highest BCUT2D eigenvalue weighted by Gasteiger charge is 2.17. The van der Waals surface area contributed by atoms with Gasteiger partial charge in [0.1, 0.15) is 0 Å². The van der Waals surface area contributed by atoms with Crippen LogP contribution in [0.5, 0.6) is 0 Å². The van der Waals surface area contributed by atoms with Crippen LogP contribution in [0.15, 0.2) is 23.1 Å². The summed E-state index contributed by atoms with van der Waals surface area (Å²) in [6, 6.07) is 5.63. The van der Waals surface area contributed by atoms with Crippen molar-refractivity contribution in [3.05, 3.63) is 34.5 Å². The number of aryl methyl sites for hydroxylation is 1. The molecule has 0 aromatic carbocycles. The molecule has 2 rings (SSSR count). The Morgan fingerprint density at radius 3 is 2.76 bits per heavy atom. The van der Waals surface area contributed by atoms with Gasteiger partial charge in [-0.3, -0.25) is 14.7 Å². The molecule has 0 aliphatic carbocycles. The lowest BCUT2D eigenvalue weighted by Crippen LogP contribution is -2.44. The van der Waals surface area contributed by atoms with Crippen LogP contribution < -0.4 is 5.32 Å². The zero-order valence-electron chi connectivity index (χ0n) is 12.4. The van der Waals surface area contributed by atoms with Crippen LogP contribution in [0, 0.1) is 6.92 Å². The Labute approximate surface area is 130 Å². The van der Waals surface area contributed by atoms with E-state index in [2.05, 4.69) is 27.8 Å². The molecule has 0 radical (unpaired) electrons. The fraction of sp³-hybridized carbons (Fsp3) is 0.467. The Morgan fingerprint density at radius 2 is 2.14 bits per heavy atom. The highest BCUT2D eigenvalue weighted by atomic mass is 32.1. The fourth-order valence-corrected chi connectivity index (χ4v) is 2.40. The van der Waals surface area contributed by atoms with Gasteiger partial charge in [-0.05, 0) is 30.9 Å². The molecule has 0 unspecified atom stereocenters. The van der Waals surface area contributed by atoms with E-state index >= 15 is 0 Å². The summed E-state index contributed by atoms with van der Waals surface area (Å²) < 4.78 is 5.29. The van der Waals surface area contributed by atoms with Gasteiger partial charge in [0.25, 0.3) is 5.91 Å². The van der Waals surface area contributed by atoms with Crippen LogP contribution >= 0.6 is 12.6 Å². The molecule has 1 N–H and O–H groups in total. The molecule has 1 amide bonds. The average molecular weight is 307 g/mol. The second-order valence-electron chi connectivity index (χ2n) is 5.02. The number of rotatable bonds is 4. The summed E-state index contributed by atoms with van der Waals surface area (Å²) in [6.45, 7) is 7.31. The molecule has 6 heteroatoms. The quantitative estimate of drug-likeness (QED) is 0.653. The molecule has 1 aromatic heterocycles. The first-order chi connectivity index (χ1) is 10.1. The number of ether oxygens (including phenoxy) is 1. The van der Waals surface area contributed by atoms with Gasteiger partial charge in [-0.2, -0.15) is 0 Å². The van der Waals surface area contributed by atoms with E-state index in [-0.39, 0.29) is 5.91 Å². The predicted molar refractivity (Wildman–Crippen MR) is 86.0 cm³/mol. The number of hydrogen-bond acceptors (Lipinski definition) is 5. The summed E-state index contributed by atoms with van der Waals surface area (Å²) >= 11 is 4.34. The first-order valence-electron chi connectivity index (χ1n) is 7.00. The van der Waals surface area contributed by atoms with Gasteiger partial charge in [-0.25, -0.2) is 0 Å². The molecule has 1 saturated heterocycles. The Balaban J connectivity index is 2.05. The van der Waals surface area contributed by atoms with Crippen molar-refractivity contribution in [1.82, 2.24) is 15.2 Å². The zero-order valence-corrected chi connectivity index (χ0v) is 13.3. The minimum atomic E-state index is -0.146. The molecule has 1 aliphatic rings. The molecule has 0 spiro atoms. The second-order valence-corrected chi connectivity index (χ2v) is 5.69. The van der Waals surface area contributed by atoms with Crippen molar-refractivity contribution in [3.8, 4) is 0 Å². The maximum Gasteiger partial charge on any atom is 0.255 e. The lowest BCUT2D eigenvalue weighted by Gasteiger charge is -2.26. The maximum absolute atomic E-state index is 12.4. The minimum Gasteiger partial charge on any atom is -0.379 e. The van der Waals surface area contributed by atoms with Crippen molar-refractivity contribution < 1.29 is 9.53 Å². The number of carbonyl (C=O) groups excluding carboxylic acids is 1. The van der Waals surface area contributed by atoms with Gasteiger partial charge in [0.2, 0.25) is 0 Å². The average Bonchev–Trinajstić information content (AvgIpc) is 2.46. The van der Waals surface area contributed by atoms with Gasteiger partial charge in [-0.15, -0.1) is 12.6 Å². The molecule has 1 aliphatic heterocycles. The van der Waals surface area contributed by atoms with Crippen LogP contribution in [0.1, 0.15) is 18.3 Å². The number of carbonyl (C=O) groups is 1. The second kappa shape index (κ2) is 7.59. The van der Waals surface area contributed by atoms with E-state index in [9.17, 15) is 4.79 Å². The molecule has 21 heavy (non-hydrogen) atoms. The molecule has 0 bridgehead atoms. The fourth-order valence-electron chi connectivity index (χ4n) is 2.18. The first-order valence-corrected chi connectivity index (χ1v) is 7.45. The van der Waals surface area contributed by atoms with Crippen molar-refractivity contribution in [2.24, 2.45) is 0 Å². The van der Waals surface area contributed by atoms with Crippen molar-refractivity contribution in [3.63, 3.8) is 0 Å².